The summed E-state index contributed by atoms with van der Waals surface area (Å²) in [6, 6.07) is 9.31. The molecule has 0 saturated heterocycles. The Morgan fingerprint density at radius 2 is 2.06 bits per heavy atom. The monoisotopic (exact) mass is 250 g/mol. The van der Waals surface area contributed by atoms with Gasteiger partial charge in [-0.3, -0.25) is 9.36 Å². The number of carboxylic acid groups (broad SMARTS) is 1. The van der Waals surface area contributed by atoms with E-state index in [1.165, 1.54) is 0 Å². The molecule has 0 unspecified atom stereocenters. The van der Waals surface area contributed by atoms with Gasteiger partial charge in [-0.25, -0.2) is 0 Å². The Balaban J connectivity index is 2.33. The first kappa shape index (κ1) is 11.5. The standard InChI is InChI=1S/C10H10N4O2S/c11-9-12-13-10(17-6-8(15)16)14(9)7-4-2-1-3-5-7/h1-5H,6H2,(H2,11,12)(H,15,16). The summed E-state index contributed by atoms with van der Waals surface area (Å²) in [5.74, 6) is -0.745. The number of nitrogens with zero attached hydrogens (tertiary/aromatic N) is 3. The highest BCUT2D eigenvalue weighted by atomic mass is 32.2. The minimum Gasteiger partial charge on any atom is -0.481 e. The van der Waals surface area contributed by atoms with Gasteiger partial charge in [0, 0.05) is 0 Å². The molecule has 0 amide bonds. The van der Waals surface area contributed by atoms with E-state index >= 15 is 0 Å². The zero-order valence-electron chi connectivity index (χ0n) is 8.78. The number of hydrogen-bond donors (Lipinski definition) is 2. The van der Waals surface area contributed by atoms with Crippen molar-refractivity contribution in [1.29, 1.82) is 0 Å². The molecule has 1 aromatic heterocycles. The molecule has 1 aromatic carbocycles. The predicted octanol–water partition coefficient (Wildman–Crippen LogP) is 1.03. The van der Waals surface area contributed by atoms with Crippen LogP contribution in [0.3, 0.4) is 0 Å². The molecule has 7 heteroatoms. The van der Waals surface area contributed by atoms with Crippen LogP contribution >= 0.6 is 11.8 Å². The molecule has 0 atom stereocenters. The normalized spacial score (nSPS) is 10.4. The molecule has 0 fully saturated rings. The van der Waals surface area contributed by atoms with Crippen LogP contribution in [0.1, 0.15) is 0 Å². The zero-order valence-corrected chi connectivity index (χ0v) is 9.59. The fourth-order valence-corrected chi connectivity index (χ4v) is 2.00. The Hall–Kier alpha value is -2.02. The van der Waals surface area contributed by atoms with Gasteiger partial charge >= 0.3 is 5.97 Å². The molecule has 2 aromatic rings. The number of aliphatic carboxylic acids is 1. The van der Waals surface area contributed by atoms with Gasteiger partial charge < -0.3 is 10.8 Å². The van der Waals surface area contributed by atoms with Crippen LogP contribution < -0.4 is 5.73 Å². The van der Waals surface area contributed by atoms with Crippen molar-refractivity contribution in [2.45, 2.75) is 5.16 Å². The van der Waals surface area contributed by atoms with E-state index in [0.717, 1.165) is 17.4 Å². The summed E-state index contributed by atoms with van der Waals surface area (Å²) in [7, 11) is 0. The van der Waals surface area contributed by atoms with Crippen molar-refractivity contribution >= 4 is 23.7 Å². The first-order valence-electron chi connectivity index (χ1n) is 4.79. The highest BCUT2D eigenvalue weighted by Gasteiger charge is 2.12. The number of thioether (sulfide) groups is 1. The second kappa shape index (κ2) is 4.88. The van der Waals surface area contributed by atoms with E-state index in [9.17, 15) is 4.79 Å². The Kier molecular flexibility index (Phi) is 3.29. The number of aromatic nitrogens is 3. The number of anilines is 1. The van der Waals surface area contributed by atoms with Gasteiger partial charge in [0.25, 0.3) is 0 Å². The van der Waals surface area contributed by atoms with E-state index in [1.54, 1.807) is 4.57 Å². The molecule has 2 rings (SSSR count). The number of nitrogen functional groups attached to an aromatic ring is 1. The van der Waals surface area contributed by atoms with E-state index in [-0.39, 0.29) is 11.7 Å². The molecule has 3 N–H and O–H groups in total. The number of hydrogen-bond acceptors (Lipinski definition) is 5. The van der Waals surface area contributed by atoms with Crippen LogP contribution in [0.15, 0.2) is 35.5 Å². The molecule has 0 aliphatic rings. The molecule has 0 spiro atoms. The average molecular weight is 250 g/mol. The maximum absolute atomic E-state index is 10.5. The highest BCUT2D eigenvalue weighted by molar-refractivity contribution is 7.99. The average Bonchev–Trinajstić information content (AvgIpc) is 2.69. The van der Waals surface area contributed by atoms with Crippen molar-refractivity contribution in [1.82, 2.24) is 14.8 Å². The predicted molar refractivity (Wildman–Crippen MR) is 64.1 cm³/mol. The van der Waals surface area contributed by atoms with Crippen LogP contribution in [0.4, 0.5) is 5.95 Å². The van der Waals surface area contributed by atoms with E-state index < -0.39 is 5.97 Å². The van der Waals surface area contributed by atoms with Crippen molar-refractivity contribution in [3.8, 4) is 5.69 Å². The first-order chi connectivity index (χ1) is 8.18. The van der Waals surface area contributed by atoms with Crippen LogP contribution in [-0.2, 0) is 4.79 Å². The van der Waals surface area contributed by atoms with Crippen LogP contribution in [0.5, 0.6) is 0 Å². The summed E-state index contributed by atoms with van der Waals surface area (Å²) in [6.07, 6.45) is 0. The largest absolute Gasteiger partial charge is 0.481 e. The van der Waals surface area contributed by atoms with Gasteiger partial charge in [0.1, 0.15) is 0 Å². The lowest BCUT2D eigenvalue weighted by atomic mass is 10.3. The van der Waals surface area contributed by atoms with Crippen LogP contribution in [0.25, 0.3) is 5.69 Å². The molecular formula is C10H10N4O2S. The quantitative estimate of drug-likeness (QED) is 0.787. The third-order valence-electron chi connectivity index (χ3n) is 2.00. The summed E-state index contributed by atoms with van der Waals surface area (Å²) in [5, 5.41) is 16.7. The van der Waals surface area contributed by atoms with Crippen molar-refractivity contribution < 1.29 is 9.90 Å². The molecule has 0 aliphatic heterocycles. The lowest BCUT2D eigenvalue weighted by molar-refractivity contribution is -0.133. The number of para-hydroxylation sites is 1. The van der Waals surface area contributed by atoms with Crippen molar-refractivity contribution in [2.24, 2.45) is 0 Å². The van der Waals surface area contributed by atoms with Gasteiger partial charge in [-0.2, -0.15) is 0 Å². The number of carbonyl (C=O) groups is 1. The SMILES string of the molecule is Nc1nnc(SCC(=O)O)n1-c1ccccc1. The highest BCUT2D eigenvalue weighted by Crippen LogP contribution is 2.22. The summed E-state index contributed by atoms with van der Waals surface area (Å²) in [5.41, 5.74) is 6.52. The minimum atomic E-state index is -0.906. The molecule has 0 aliphatic carbocycles. The van der Waals surface area contributed by atoms with E-state index in [1.807, 2.05) is 30.3 Å². The lowest BCUT2D eigenvalue weighted by Gasteiger charge is -2.06. The van der Waals surface area contributed by atoms with Crippen LogP contribution in [0.2, 0.25) is 0 Å². The fraction of sp³-hybridized carbons (Fsp3) is 0.100. The summed E-state index contributed by atoms with van der Waals surface area (Å²) in [6.45, 7) is 0. The van der Waals surface area contributed by atoms with Crippen molar-refractivity contribution in [2.75, 3.05) is 11.5 Å². The molecule has 6 nitrogen and oxygen atoms in total. The smallest absolute Gasteiger partial charge is 0.313 e. The van der Waals surface area contributed by atoms with E-state index in [4.69, 9.17) is 10.8 Å². The Bertz CT molecular complexity index is 526. The number of rotatable bonds is 4. The third kappa shape index (κ3) is 2.56. The van der Waals surface area contributed by atoms with Gasteiger partial charge in [-0.15, -0.1) is 10.2 Å². The van der Waals surface area contributed by atoms with Crippen molar-refractivity contribution in [3.05, 3.63) is 30.3 Å². The topological polar surface area (TPSA) is 94.0 Å². The van der Waals surface area contributed by atoms with E-state index in [2.05, 4.69) is 10.2 Å². The van der Waals surface area contributed by atoms with Crippen LogP contribution in [-0.4, -0.2) is 31.6 Å². The second-order valence-electron chi connectivity index (χ2n) is 3.19. The summed E-state index contributed by atoms with van der Waals surface area (Å²) in [4.78, 5) is 10.5. The summed E-state index contributed by atoms with van der Waals surface area (Å²) >= 11 is 1.08. The molecule has 0 bridgehead atoms. The van der Waals surface area contributed by atoms with Crippen molar-refractivity contribution in [3.63, 3.8) is 0 Å². The Labute approximate surface area is 101 Å². The van der Waals surface area contributed by atoms with Crippen LogP contribution in [0, 0.1) is 0 Å². The van der Waals surface area contributed by atoms with Gasteiger partial charge in [0.2, 0.25) is 5.95 Å². The van der Waals surface area contributed by atoms with E-state index in [0.29, 0.717) is 5.16 Å². The first-order valence-corrected chi connectivity index (χ1v) is 5.78. The molecule has 1 heterocycles. The van der Waals surface area contributed by atoms with Gasteiger partial charge in [0.15, 0.2) is 5.16 Å². The molecule has 88 valence electrons. The van der Waals surface area contributed by atoms with Gasteiger partial charge in [-0.05, 0) is 12.1 Å². The maximum atomic E-state index is 10.5. The summed E-state index contributed by atoms with van der Waals surface area (Å²) < 4.78 is 1.62. The number of benzene rings is 1. The number of nitrogens with two attached hydrogens (primary N) is 1. The third-order valence-corrected chi connectivity index (χ3v) is 2.91. The Morgan fingerprint density at radius 1 is 1.35 bits per heavy atom. The van der Waals surface area contributed by atoms with Gasteiger partial charge in [-0.1, -0.05) is 30.0 Å². The fourth-order valence-electron chi connectivity index (χ4n) is 1.32. The number of carboxylic acids is 1. The maximum Gasteiger partial charge on any atom is 0.313 e. The zero-order chi connectivity index (χ0) is 12.3. The molecular weight excluding hydrogens is 240 g/mol. The lowest BCUT2D eigenvalue weighted by Crippen LogP contribution is -2.04. The minimum absolute atomic E-state index is 0.0784. The molecule has 0 radical (unpaired) electrons. The van der Waals surface area contributed by atoms with Gasteiger partial charge in [0.05, 0.1) is 11.4 Å². The Morgan fingerprint density at radius 3 is 2.71 bits per heavy atom. The second-order valence-corrected chi connectivity index (χ2v) is 4.14. The molecule has 17 heavy (non-hydrogen) atoms. The molecule has 0 saturated carbocycles.